The van der Waals surface area contributed by atoms with Gasteiger partial charge in [-0.05, 0) is 0 Å². The van der Waals surface area contributed by atoms with Gasteiger partial charge in [0.05, 0.1) is 12.3 Å². The third-order valence-corrected chi connectivity index (χ3v) is 2.45. The van der Waals surface area contributed by atoms with Gasteiger partial charge in [0.25, 0.3) is 0 Å². The standard InChI is InChI=1S/C8H15NO4S/c1-3-4-9(7-8(10)11)5-6-14(2,12)13/h3H,1,4-7H2,2H3,(H,10,11). The molecular formula is C8H15NO4S. The molecule has 0 saturated carbocycles. The summed E-state index contributed by atoms with van der Waals surface area (Å²) < 4.78 is 21.7. The molecule has 0 unspecified atom stereocenters. The fourth-order valence-corrected chi connectivity index (χ4v) is 1.49. The summed E-state index contributed by atoms with van der Waals surface area (Å²) in [6, 6.07) is 0. The summed E-state index contributed by atoms with van der Waals surface area (Å²) in [4.78, 5) is 11.9. The first-order chi connectivity index (χ1) is 6.35. The molecule has 0 aliphatic rings. The maximum atomic E-state index is 10.8. The molecule has 0 bridgehead atoms. The minimum Gasteiger partial charge on any atom is -0.480 e. The Kier molecular flexibility index (Phi) is 5.40. The second-order valence-electron chi connectivity index (χ2n) is 3.05. The molecule has 0 aliphatic carbocycles. The number of aliphatic carboxylic acids is 1. The molecule has 0 amide bonds. The maximum Gasteiger partial charge on any atom is 0.317 e. The molecule has 82 valence electrons. The van der Waals surface area contributed by atoms with Crippen LogP contribution in [0.5, 0.6) is 0 Å². The number of carboxylic acid groups (broad SMARTS) is 1. The van der Waals surface area contributed by atoms with Crippen molar-refractivity contribution in [1.29, 1.82) is 0 Å². The Balaban J connectivity index is 4.09. The fourth-order valence-electron chi connectivity index (χ4n) is 0.904. The predicted molar refractivity (Wildman–Crippen MR) is 54.0 cm³/mol. The van der Waals surface area contributed by atoms with Gasteiger partial charge < -0.3 is 5.11 Å². The van der Waals surface area contributed by atoms with Crippen molar-refractivity contribution in [3.63, 3.8) is 0 Å². The van der Waals surface area contributed by atoms with Crippen LogP contribution in [0.2, 0.25) is 0 Å². The van der Waals surface area contributed by atoms with Gasteiger partial charge in [0.1, 0.15) is 9.84 Å². The van der Waals surface area contributed by atoms with Crippen molar-refractivity contribution in [3.05, 3.63) is 12.7 Å². The van der Waals surface area contributed by atoms with Gasteiger partial charge in [-0.1, -0.05) is 6.08 Å². The zero-order chi connectivity index (χ0) is 11.2. The Hall–Kier alpha value is -0.880. The zero-order valence-corrected chi connectivity index (χ0v) is 8.96. The van der Waals surface area contributed by atoms with Crippen LogP contribution in [0.3, 0.4) is 0 Å². The number of carboxylic acids is 1. The topological polar surface area (TPSA) is 74.7 Å². The lowest BCUT2D eigenvalue weighted by atomic mass is 10.4. The zero-order valence-electron chi connectivity index (χ0n) is 8.14. The molecule has 5 nitrogen and oxygen atoms in total. The highest BCUT2D eigenvalue weighted by atomic mass is 32.2. The monoisotopic (exact) mass is 221 g/mol. The summed E-state index contributed by atoms with van der Waals surface area (Å²) in [6.07, 6.45) is 2.67. The van der Waals surface area contributed by atoms with E-state index in [9.17, 15) is 13.2 Å². The van der Waals surface area contributed by atoms with Crippen molar-refractivity contribution >= 4 is 15.8 Å². The van der Waals surface area contributed by atoms with E-state index >= 15 is 0 Å². The Morgan fingerprint density at radius 1 is 1.57 bits per heavy atom. The molecule has 0 aromatic rings. The highest BCUT2D eigenvalue weighted by molar-refractivity contribution is 7.90. The van der Waals surface area contributed by atoms with E-state index < -0.39 is 15.8 Å². The smallest absolute Gasteiger partial charge is 0.317 e. The van der Waals surface area contributed by atoms with Crippen LogP contribution in [0.25, 0.3) is 0 Å². The van der Waals surface area contributed by atoms with Gasteiger partial charge in [0.15, 0.2) is 0 Å². The highest BCUT2D eigenvalue weighted by Crippen LogP contribution is 1.92. The predicted octanol–water partition coefficient (Wildman–Crippen LogP) is -0.396. The number of rotatable bonds is 7. The molecule has 0 spiro atoms. The van der Waals surface area contributed by atoms with E-state index in [1.54, 1.807) is 6.08 Å². The third kappa shape index (κ3) is 7.75. The van der Waals surface area contributed by atoms with Gasteiger partial charge in [-0.25, -0.2) is 8.42 Å². The van der Waals surface area contributed by atoms with E-state index in [0.717, 1.165) is 6.26 Å². The lowest BCUT2D eigenvalue weighted by molar-refractivity contribution is -0.138. The van der Waals surface area contributed by atoms with E-state index in [2.05, 4.69) is 6.58 Å². The minimum absolute atomic E-state index is 0.0336. The molecule has 0 atom stereocenters. The number of nitrogens with zero attached hydrogens (tertiary/aromatic N) is 1. The summed E-state index contributed by atoms with van der Waals surface area (Å²) in [5.41, 5.74) is 0. The molecule has 0 fully saturated rings. The molecule has 0 radical (unpaired) electrons. The molecule has 14 heavy (non-hydrogen) atoms. The van der Waals surface area contributed by atoms with Crippen LogP contribution < -0.4 is 0 Å². The van der Waals surface area contributed by atoms with E-state index in [0.29, 0.717) is 6.54 Å². The first-order valence-electron chi connectivity index (χ1n) is 4.08. The molecule has 0 aliphatic heterocycles. The summed E-state index contributed by atoms with van der Waals surface area (Å²) in [5, 5.41) is 8.51. The average Bonchev–Trinajstić information content (AvgIpc) is 1.98. The van der Waals surface area contributed by atoms with Crippen LogP contribution >= 0.6 is 0 Å². The summed E-state index contributed by atoms with van der Waals surface area (Å²) >= 11 is 0. The van der Waals surface area contributed by atoms with Crippen LogP contribution in [0.1, 0.15) is 0 Å². The molecule has 0 heterocycles. The number of sulfone groups is 1. The van der Waals surface area contributed by atoms with Crippen molar-refractivity contribution in [2.24, 2.45) is 0 Å². The van der Waals surface area contributed by atoms with E-state index in [1.165, 1.54) is 4.90 Å². The molecule has 0 aromatic carbocycles. The van der Waals surface area contributed by atoms with Crippen LogP contribution in [0, 0.1) is 0 Å². The maximum absolute atomic E-state index is 10.8. The molecule has 0 saturated heterocycles. The van der Waals surface area contributed by atoms with Gasteiger partial charge in [0, 0.05) is 19.3 Å². The molecule has 1 N–H and O–H groups in total. The second-order valence-corrected chi connectivity index (χ2v) is 5.31. The Labute approximate surface area is 83.9 Å². The van der Waals surface area contributed by atoms with Crippen LogP contribution in [0.15, 0.2) is 12.7 Å². The quantitative estimate of drug-likeness (QED) is 0.592. The number of carbonyl (C=O) groups is 1. The first kappa shape index (κ1) is 13.1. The van der Waals surface area contributed by atoms with Crippen LogP contribution in [-0.4, -0.2) is 56.0 Å². The van der Waals surface area contributed by atoms with Crippen molar-refractivity contribution in [2.75, 3.05) is 31.6 Å². The SMILES string of the molecule is C=CCN(CCS(C)(=O)=O)CC(=O)O. The van der Waals surface area contributed by atoms with Gasteiger partial charge >= 0.3 is 5.97 Å². The van der Waals surface area contributed by atoms with Crippen molar-refractivity contribution in [3.8, 4) is 0 Å². The summed E-state index contributed by atoms with van der Waals surface area (Å²) in [6.45, 7) is 3.90. The molecule has 6 heteroatoms. The van der Waals surface area contributed by atoms with Crippen molar-refractivity contribution in [2.45, 2.75) is 0 Å². The lowest BCUT2D eigenvalue weighted by Gasteiger charge is -2.17. The van der Waals surface area contributed by atoms with Gasteiger partial charge in [-0.15, -0.1) is 6.58 Å². The van der Waals surface area contributed by atoms with Crippen molar-refractivity contribution in [1.82, 2.24) is 4.90 Å². The Morgan fingerprint density at radius 2 is 2.14 bits per heavy atom. The molecule has 0 aromatic heterocycles. The van der Waals surface area contributed by atoms with Gasteiger partial charge in [-0.2, -0.15) is 0 Å². The van der Waals surface area contributed by atoms with Crippen LogP contribution in [-0.2, 0) is 14.6 Å². The lowest BCUT2D eigenvalue weighted by Crippen LogP contribution is -2.33. The van der Waals surface area contributed by atoms with E-state index in [1.807, 2.05) is 0 Å². The van der Waals surface area contributed by atoms with Crippen LogP contribution in [0.4, 0.5) is 0 Å². The first-order valence-corrected chi connectivity index (χ1v) is 6.14. The minimum atomic E-state index is -3.04. The Bertz CT molecular complexity index is 296. The highest BCUT2D eigenvalue weighted by Gasteiger charge is 2.10. The van der Waals surface area contributed by atoms with E-state index in [4.69, 9.17) is 5.11 Å². The normalized spacial score (nSPS) is 11.6. The third-order valence-electron chi connectivity index (χ3n) is 1.52. The summed E-state index contributed by atoms with van der Waals surface area (Å²) in [5.74, 6) is -1.01. The number of hydrogen-bond acceptors (Lipinski definition) is 4. The van der Waals surface area contributed by atoms with Crippen molar-refractivity contribution < 1.29 is 18.3 Å². The van der Waals surface area contributed by atoms with Gasteiger partial charge in [0.2, 0.25) is 0 Å². The fraction of sp³-hybridized carbons (Fsp3) is 0.625. The van der Waals surface area contributed by atoms with Gasteiger partial charge in [-0.3, -0.25) is 9.69 Å². The molecule has 0 rings (SSSR count). The van der Waals surface area contributed by atoms with E-state index in [-0.39, 0.29) is 18.8 Å². The average molecular weight is 221 g/mol. The second kappa shape index (κ2) is 5.77. The summed E-state index contributed by atoms with van der Waals surface area (Å²) in [7, 11) is -3.04. The number of hydrogen-bond donors (Lipinski definition) is 1. The molecular weight excluding hydrogens is 206 g/mol. The largest absolute Gasteiger partial charge is 0.480 e. The Morgan fingerprint density at radius 3 is 2.50 bits per heavy atom.